The van der Waals surface area contributed by atoms with Gasteiger partial charge in [-0.25, -0.2) is 0 Å². The van der Waals surface area contributed by atoms with E-state index in [9.17, 15) is 0 Å². The molecular weight excluding hydrogens is 238 g/mol. The summed E-state index contributed by atoms with van der Waals surface area (Å²) >= 11 is 0. The summed E-state index contributed by atoms with van der Waals surface area (Å²) in [5.41, 5.74) is 2.30. The third-order valence-corrected chi connectivity index (χ3v) is 2.92. The number of aromatic nitrogens is 2. The number of nitrogens with zero attached hydrogens (tertiary/aromatic N) is 3. The molecule has 0 amide bonds. The van der Waals surface area contributed by atoms with Crippen LogP contribution in [0.4, 0.5) is 0 Å². The van der Waals surface area contributed by atoms with Crippen LogP contribution in [0, 0.1) is 11.3 Å². The van der Waals surface area contributed by atoms with E-state index in [-0.39, 0.29) is 5.41 Å². The maximum Gasteiger partial charge on any atom is 0.247 e. The second kappa shape index (κ2) is 5.23. The van der Waals surface area contributed by atoms with Crippen molar-refractivity contribution in [3.63, 3.8) is 0 Å². The van der Waals surface area contributed by atoms with E-state index in [2.05, 4.69) is 49.2 Å². The lowest BCUT2D eigenvalue weighted by molar-refractivity contribution is 0.507. The van der Waals surface area contributed by atoms with Gasteiger partial charge in [-0.15, -0.1) is 10.2 Å². The molecule has 0 fully saturated rings. The molecule has 4 nitrogen and oxygen atoms in total. The molecule has 0 spiro atoms. The van der Waals surface area contributed by atoms with E-state index in [0.29, 0.717) is 24.6 Å². The summed E-state index contributed by atoms with van der Waals surface area (Å²) in [6.07, 6.45) is 0.897. The van der Waals surface area contributed by atoms with Crippen molar-refractivity contribution in [3.05, 3.63) is 35.7 Å². The van der Waals surface area contributed by atoms with Gasteiger partial charge >= 0.3 is 0 Å². The van der Waals surface area contributed by atoms with Gasteiger partial charge in [0.05, 0.1) is 6.07 Å². The van der Waals surface area contributed by atoms with Crippen LogP contribution in [-0.2, 0) is 11.8 Å². The predicted octanol–water partition coefficient (Wildman–Crippen LogP) is 3.49. The van der Waals surface area contributed by atoms with E-state index in [1.165, 1.54) is 5.56 Å². The first-order valence-corrected chi connectivity index (χ1v) is 6.31. The minimum absolute atomic E-state index is 0.130. The molecule has 0 bridgehead atoms. The Morgan fingerprint density at radius 1 is 1.16 bits per heavy atom. The van der Waals surface area contributed by atoms with Crippen molar-refractivity contribution in [1.29, 1.82) is 5.26 Å². The van der Waals surface area contributed by atoms with E-state index in [0.717, 1.165) is 5.56 Å². The monoisotopic (exact) mass is 255 g/mol. The Labute approximate surface area is 113 Å². The minimum atomic E-state index is 0.130. The highest BCUT2D eigenvalue weighted by molar-refractivity contribution is 5.53. The Hall–Kier alpha value is -2.15. The molecule has 1 aromatic carbocycles. The quantitative estimate of drug-likeness (QED) is 0.842. The molecule has 2 rings (SSSR count). The fourth-order valence-electron chi connectivity index (χ4n) is 1.75. The number of aryl methyl sites for hydroxylation is 1. The molecule has 0 aliphatic carbocycles. The van der Waals surface area contributed by atoms with E-state index in [4.69, 9.17) is 9.68 Å². The Morgan fingerprint density at radius 3 is 2.42 bits per heavy atom. The van der Waals surface area contributed by atoms with Gasteiger partial charge < -0.3 is 4.42 Å². The van der Waals surface area contributed by atoms with Gasteiger partial charge in [-0.3, -0.25) is 0 Å². The molecule has 0 aliphatic heterocycles. The van der Waals surface area contributed by atoms with Crippen molar-refractivity contribution in [2.75, 3.05) is 0 Å². The van der Waals surface area contributed by atoms with E-state index in [1.54, 1.807) is 0 Å². The first kappa shape index (κ1) is 13.3. The lowest BCUT2D eigenvalue weighted by Gasteiger charge is -2.18. The Kier molecular flexibility index (Phi) is 3.66. The molecule has 1 aromatic heterocycles. The number of rotatable bonds is 3. The van der Waals surface area contributed by atoms with Crippen LogP contribution in [-0.4, -0.2) is 10.2 Å². The van der Waals surface area contributed by atoms with Gasteiger partial charge in [0, 0.05) is 18.4 Å². The second-order valence-electron chi connectivity index (χ2n) is 5.49. The van der Waals surface area contributed by atoms with Crippen molar-refractivity contribution >= 4 is 0 Å². The lowest BCUT2D eigenvalue weighted by atomic mass is 9.87. The SMILES string of the molecule is CC(C)(C)c1ccc(-c2nnc(CCC#N)o2)cc1. The normalized spacial score (nSPS) is 11.3. The van der Waals surface area contributed by atoms with E-state index >= 15 is 0 Å². The minimum Gasteiger partial charge on any atom is -0.421 e. The zero-order valence-corrected chi connectivity index (χ0v) is 11.5. The summed E-state index contributed by atoms with van der Waals surface area (Å²) in [4.78, 5) is 0. The molecular formula is C15H17N3O. The summed E-state index contributed by atoms with van der Waals surface area (Å²) < 4.78 is 5.52. The van der Waals surface area contributed by atoms with Crippen LogP contribution in [0.1, 0.15) is 38.6 Å². The molecule has 4 heteroatoms. The molecule has 0 N–H and O–H groups in total. The highest BCUT2D eigenvalue weighted by Crippen LogP contribution is 2.25. The molecule has 98 valence electrons. The zero-order valence-electron chi connectivity index (χ0n) is 11.5. The van der Waals surface area contributed by atoms with Gasteiger partial charge in [-0.05, 0) is 23.1 Å². The third-order valence-electron chi connectivity index (χ3n) is 2.92. The van der Waals surface area contributed by atoms with Crippen molar-refractivity contribution in [2.24, 2.45) is 0 Å². The number of nitriles is 1. The first-order valence-electron chi connectivity index (χ1n) is 6.31. The molecule has 0 aliphatic rings. The maximum absolute atomic E-state index is 8.52. The number of benzene rings is 1. The van der Waals surface area contributed by atoms with Gasteiger partial charge in [0.15, 0.2) is 0 Å². The van der Waals surface area contributed by atoms with E-state index < -0.39 is 0 Å². The van der Waals surface area contributed by atoms with Gasteiger partial charge in [0.1, 0.15) is 0 Å². The third kappa shape index (κ3) is 3.19. The van der Waals surface area contributed by atoms with Crippen LogP contribution in [0.5, 0.6) is 0 Å². The summed E-state index contributed by atoms with van der Waals surface area (Å²) in [5.74, 6) is 1.02. The van der Waals surface area contributed by atoms with Gasteiger partial charge in [-0.2, -0.15) is 5.26 Å². The Bertz CT molecular complexity index is 585. The summed E-state index contributed by atoms with van der Waals surface area (Å²) in [5, 5.41) is 16.5. The van der Waals surface area contributed by atoms with Crippen molar-refractivity contribution in [1.82, 2.24) is 10.2 Å². The van der Waals surface area contributed by atoms with Crippen molar-refractivity contribution in [2.45, 2.75) is 39.0 Å². The summed E-state index contributed by atoms with van der Waals surface area (Å²) in [6.45, 7) is 6.53. The van der Waals surface area contributed by atoms with Crippen LogP contribution < -0.4 is 0 Å². The molecule has 0 saturated carbocycles. The lowest BCUT2D eigenvalue weighted by Crippen LogP contribution is -2.10. The zero-order chi connectivity index (χ0) is 13.9. The molecule has 0 radical (unpaired) electrons. The maximum atomic E-state index is 8.52. The largest absolute Gasteiger partial charge is 0.421 e. The molecule has 2 aromatic rings. The van der Waals surface area contributed by atoms with Gasteiger partial charge in [0.2, 0.25) is 11.8 Å². The second-order valence-corrected chi connectivity index (χ2v) is 5.49. The van der Waals surface area contributed by atoms with Crippen LogP contribution in [0.15, 0.2) is 28.7 Å². The van der Waals surface area contributed by atoms with E-state index in [1.807, 2.05) is 12.1 Å². The van der Waals surface area contributed by atoms with Gasteiger partial charge in [0.25, 0.3) is 0 Å². The highest BCUT2D eigenvalue weighted by atomic mass is 16.4. The van der Waals surface area contributed by atoms with Crippen LogP contribution in [0.3, 0.4) is 0 Å². The van der Waals surface area contributed by atoms with Crippen LogP contribution in [0.25, 0.3) is 11.5 Å². The predicted molar refractivity (Wildman–Crippen MR) is 72.4 cm³/mol. The molecule has 0 atom stereocenters. The highest BCUT2D eigenvalue weighted by Gasteiger charge is 2.14. The summed E-state index contributed by atoms with van der Waals surface area (Å²) in [7, 11) is 0. The standard InChI is InChI=1S/C15H17N3O/c1-15(2,3)12-8-6-11(7-9-12)14-18-17-13(19-14)5-4-10-16/h6-9H,4-5H2,1-3H3. The van der Waals surface area contributed by atoms with Crippen LogP contribution >= 0.6 is 0 Å². The fraction of sp³-hybridized carbons (Fsp3) is 0.400. The fourth-order valence-corrected chi connectivity index (χ4v) is 1.75. The Morgan fingerprint density at radius 2 is 1.84 bits per heavy atom. The molecule has 1 heterocycles. The smallest absolute Gasteiger partial charge is 0.247 e. The van der Waals surface area contributed by atoms with Crippen LogP contribution in [0.2, 0.25) is 0 Å². The average molecular weight is 255 g/mol. The van der Waals surface area contributed by atoms with Crippen molar-refractivity contribution in [3.8, 4) is 17.5 Å². The topological polar surface area (TPSA) is 62.7 Å². The summed E-state index contributed by atoms with van der Waals surface area (Å²) in [6, 6.07) is 10.2. The molecule has 0 unspecified atom stereocenters. The molecule has 0 saturated heterocycles. The first-order chi connectivity index (χ1) is 9.00. The number of hydrogen-bond acceptors (Lipinski definition) is 4. The van der Waals surface area contributed by atoms with Crippen molar-refractivity contribution < 1.29 is 4.42 Å². The average Bonchev–Trinajstić information content (AvgIpc) is 2.84. The number of hydrogen-bond donors (Lipinski definition) is 0. The Balaban J connectivity index is 2.18. The van der Waals surface area contributed by atoms with Gasteiger partial charge in [-0.1, -0.05) is 32.9 Å². The molecule has 19 heavy (non-hydrogen) atoms.